The van der Waals surface area contributed by atoms with Crippen molar-refractivity contribution in [2.75, 3.05) is 13.2 Å². The molecule has 1 saturated heterocycles. The molecule has 2 aromatic rings. The molecule has 0 aliphatic carbocycles. The molecule has 1 aliphatic heterocycles. The molecule has 0 spiro atoms. The van der Waals surface area contributed by atoms with Crippen LogP contribution in [0.5, 0.6) is 11.5 Å². The van der Waals surface area contributed by atoms with Crippen LogP contribution in [0.25, 0.3) is 6.08 Å². The van der Waals surface area contributed by atoms with Gasteiger partial charge in [-0.25, -0.2) is 0 Å². The Morgan fingerprint density at radius 2 is 1.79 bits per heavy atom. The lowest BCUT2D eigenvalue weighted by Gasteiger charge is -2.15. The van der Waals surface area contributed by atoms with Gasteiger partial charge in [0.05, 0.1) is 4.91 Å². The van der Waals surface area contributed by atoms with E-state index in [0.29, 0.717) is 10.7 Å². The van der Waals surface area contributed by atoms with E-state index in [4.69, 9.17) is 9.47 Å². The molecule has 2 N–H and O–H groups in total. The minimum Gasteiger partial charge on any atom is -0.491 e. The van der Waals surface area contributed by atoms with E-state index in [0.717, 1.165) is 41.5 Å². The number of carbonyl (C=O) groups excluding carboxylic acids is 2. The van der Waals surface area contributed by atoms with Crippen molar-refractivity contribution in [3.05, 3.63) is 64.6 Å². The van der Waals surface area contributed by atoms with Crippen molar-refractivity contribution in [1.29, 1.82) is 0 Å². The van der Waals surface area contributed by atoms with Crippen molar-refractivity contribution < 1.29 is 24.2 Å². The van der Waals surface area contributed by atoms with E-state index in [1.165, 1.54) is 0 Å². The molecule has 1 aliphatic rings. The summed E-state index contributed by atoms with van der Waals surface area (Å²) in [5.41, 5.74) is 1.91. The third kappa shape index (κ3) is 6.10. The van der Waals surface area contributed by atoms with Crippen molar-refractivity contribution in [3.63, 3.8) is 0 Å². The summed E-state index contributed by atoms with van der Waals surface area (Å²) in [5, 5.41) is 12.0. The molecular formula is C22H23NO5S. The molecule has 0 bridgehead atoms. The van der Waals surface area contributed by atoms with Gasteiger partial charge < -0.3 is 14.6 Å². The summed E-state index contributed by atoms with van der Waals surface area (Å²) >= 11 is 0.878. The van der Waals surface area contributed by atoms with Gasteiger partial charge in [0.25, 0.3) is 11.1 Å². The number of thioether (sulfide) groups is 1. The number of carbonyl (C=O) groups is 2. The van der Waals surface area contributed by atoms with Crippen molar-refractivity contribution >= 4 is 29.0 Å². The van der Waals surface area contributed by atoms with Crippen LogP contribution < -0.4 is 14.8 Å². The van der Waals surface area contributed by atoms with Crippen LogP contribution in [-0.2, 0) is 11.2 Å². The molecule has 152 valence electrons. The van der Waals surface area contributed by atoms with E-state index < -0.39 is 6.10 Å². The van der Waals surface area contributed by atoms with Crippen LogP contribution in [0.2, 0.25) is 0 Å². The van der Waals surface area contributed by atoms with Crippen molar-refractivity contribution in [2.24, 2.45) is 0 Å². The second-order valence-corrected chi connectivity index (χ2v) is 7.57. The molecule has 3 rings (SSSR count). The molecule has 2 aromatic carbocycles. The molecule has 29 heavy (non-hydrogen) atoms. The zero-order valence-corrected chi connectivity index (χ0v) is 16.9. The second kappa shape index (κ2) is 10.1. The minimum absolute atomic E-state index is 0.100. The van der Waals surface area contributed by atoms with Gasteiger partial charge in [0.15, 0.2) is 0 Å². The van der Waals surface area contributed by atoms with Crippen LogP contribution >= 0.6 is 11.8 Å². The van der Waals surface area contributed by atoms with Crippen LogP contribution in [-0.4, -0.2) is 35.6 Å². The molecule has 0 aromatic heterocycles. The van der Waals surface area contributed by atoms with Crippen molar-refractivity contribution in [2.45, 2.75) is 25.9 Å². The fourth-order valence-electron chi connectivity index (χ4n) is 2.78. The molecular weight excluding hydrogens is 390 g/mol. The first-order chi connectivity index (χ1) is 14.0. The summed E-state index contributed by atoms with van der Waals surface area (Å²) in [5.74, 6) is 0.999. The highest BCUT2D eigenvalue weighted by Gasteiger charge is 2.24. The smallest absolute Gasteiger partial charge is 0.290 e. The van der Waals surface area contributed by atoms with Gasteiger partial charge in [0, 0.05) is 0 Å². The number of hydrogen-bond donors (Lipinski definition) is 2. The second-order valence-electron chi connectivity index (χ2n) is 6.55. The lowest BCUT2D eigenvalue weighted by molar-refractivity contribution is -0.115. The highest BCUT2D eigenvalue weighted by molar-refractivity contribution is 8.18. The predicted molar refractivity (Wildman–Crippen MR) is 113 cm³/mol. The van der Waals surface area contributed by atoms with Crippen LogP contribution in [0.15, 0.2) is 53.4 Å². The third-order valence-corrected chi connectivity index (χ3v) is 5.00. The van der Waals surface area contributed by atoms with E-state index in [1.807, 2.05) is 24.3 Å². The summed E-state index contributed by atoms with van der Waals surface area (Å²) in [4.78, 5) is 23.1. The van der Waals surface area contributed by atoms with Gasteiger partial charge in [-0.05, 0) is 53.6 Å². The highest BCUT2D eigenvalue weighted by Crippen LogP contribution is 2.26. The van der Waals surface area contributed by atoms with E-state index >= 15 is 0 Å². The SMILES string of the molecule is CCCc1ccccc1OC[C@@H](O)COc1ccc(/C=C2\SC(=O)NC2=O)cc1. The minimum atomic E-state index is -0.768. The average Bonchev–Trinajstić information content (AvgIpc) is 3.03. The molecule has 1 fully saturated rings. The lowest BCUT2D eigenvalue weighted by Crippen LogP contribution is -2.25. The normalized spacial score (nSPS) is 16.0. The molecule has 1 atom stereocenters. The van der Waals surface area contributed by atoms with Gasteiger partial charge in [0.2, 0.25) is 0 Å². The van der Waals surface area contributed by atoms with Crippen LogP contribution in [0.1, 0.15) is 24.5 Å². The molecule has 0 saturated carbocycles. The summed E-state index contributed by atoms with van der Waals surface area (Å²) in [6.45, 7) is 2.36. The fraction of sp³-hybridized carbons (Fsp3) is 0.273. The van der Waals surface area contributed by atoms with Crippen LogP contribution in [0.4, 0.5) is 4.79 Å². The Bertz CT molecular complexity index is 894. The number of rotatable bonds is 9. The number of para-hydroxylation sites is 1. The monoisotopic (exact) mass is 413 g/mol. The van der Waals surface area contributed by atoms with Gasteiger partial charge in [0.1, 0.15) is 30.8 Å². The third-order valence-electron chi connectivity index (χ3n) is 4.19. The number of imide groups is 1. The first kappa shape index (κ1) is 21.0. The first-order valence-corrected chi connectivity index (χ1v) is 10.2. The molecule has 0 unspecified atom stereocenters. The number of benzene rings is 2. The van der Waals surface area contributed by atoms with Gasteiger partial charge in [-0.1, -0.05) is 43.7 Å². The predicted octanol–water partition coefficient (Wildman–Crippen LogP) is 3.78. The highest BCUT2D eigenvalue weighted by atomic mass is 32.2. The Kier molecular flexibility index (Phi) is 7.32. The summed E-state index contributed by atoms with van der Waals surface area (Å²) in [6.07, 6.45) is 2.83. The summed E-state index contributed by atoms with van der Waals surface area (Å²) in [6, 6.07) is 14.9. The first-order valence-electron chi connectivity index (χ1n) is 9.41. The van der Waals surface area contributed by atoms with Crippen LogP contribution in [0.3, 0.4) is 0 Å². The van der Waals surface area contributed by atoms with Crippen LogP contribution in [0, 0.1) is 0 Å². The maximum absolute atomic E-state index is 11.6. The van der Waals surface area contributed by atoms with Crippen molar-refractivity contribution in [3.8, 4) is 11.5 Å². The van der Waals surface area contributed by atoms with E-state index in [9.17, 15) is 14.7 Å². The zero-order chi connectivity index (χ0) is 20.6. The number of aryl methyl sites for hydroxylation is 1. The Morgan fingerprint density at radius 3 is 2.48 bits per heavy atom. The Labute approximate surface area is 173 Å². The zero-order valence-electron chi connectivity index (χ0n) is 16.1. The molecule has 2 amide bonds. The van der Waals surface area contributed by atoms with Gasteiger partial charge in [-0.2, -0.15) is 0 Å². The number of amides is 2. The van der Waals surface area contributed by atoms with Crippen molar-refractivity contribution in [1.82, 2.24) is 5.32 Å². The average molecular weight is 413 g/mol. The van der Waals surface area contributed by atoms with E-state index in [-0.39, 0.29) is 24.4 Å². The van der Waals surface area contributed by atoms with Gasteiger partial charge in [-0.15, -0.1) is 0 Å². The van der Waals surface area contributed by atoms with Gasteiger partial charge >= 0.3 is 0 Å². The maximum Gasteiger partial charge on any atom is 0.290 e. The maximum atomic E-state index is 11.6. The summed E-state index contributed by atoms with van der Waals surface area (Å²) in [7, 11) is 0. The lowest BCUT2D eigenvalue weighted by atomic mass is 10.1. The number of aliphatic hydroxyl groups is 1. The summed E-state index contributed by atoms with van der Waals surface area (Å²) < 4.78 is 11.4. The van der Waals surface area contributed by atoms with E-state index in [2.05, 4.69) is 12.2 Å². The largest absolute Gasteiger partial charge is 0.491 e. The number of hydrogen-bond acceptors (Lipinski definition) is 6. The topological polar surface area (TPSA) is 84.9 Å². The fourth-order valence-corrected chi connectivity index (χ4v) is 3.46. The Hall–Kier alpha value is -2.77. The molecule has 6 nitrogen and oxygen atoms in total. The van der Waals surface area contributed by atoms with Gasteiger partial charge in [-0.3, -0.25) is 14.9 Å². The number of nitrogens with one attached hydrogen (secondary N) is 1. The number of aliphatic hydroxyl groups excluding tert-OH is 1. The number of ether oxygens (including phenoxy) is 2. The molecule has 1 heterocycles. The molecule has 7 heteroatoms. The quantitative estimate of drug-likeness (QED) is 0.609. The Balaban J connectivity index is 1.48. The Morgan fingerprint density at radius 1 is 1.07 bits per heavy atom. The molecule has 0 radical (unpaired) electrons. The van der Waals surface area contributed by atoms with E-state index in [1.54, 1.807) is 30.3 Å². The standard InChI is InChI=1S/C22H23NO5S/c1-2-5-16-6-3-4-7-19(16)28-14-17(24)13-27-18-10-8-15(9-11-18)12-20-21(25)23-22(26)29-20/h3-4,6-12,17,24H,2,5,13-14H2,1H3,(H,23,25,26)/b20-12-/t17-/m0/s1.